The Kier molecular flexibility index (Phi) is 7.28. The Bertz CT molecular complexity index is 692. The molecule has 0 fully saturated rings. The summed E-state index contributed by atoms with van der Waals surface area (Å²) in [6, 6.07) is 11.8. The summed E-state index contributed by atoms with van der Waals surface area (Å²) in [4.78, 5) is 12.0. The molecule has 0 N–H and O–H groups in total. The first kappa shape index (κ1) is 18.7. The molecule has 0 spiro atoms. The predicted molar refractivity (Wildman–Crippen MR) is 103 cm³/mol. The van der Waals surface area contributed by atoms with Crippen LogP contribution >= 0.6 is 11.6 Å². The fourth-order valence-corrected chi connectivity index (χ4v) is 2.98. The van der Waals surface area contributed by atoms with E-state index in [0.29, 0.717) is 18.3 Å². The number of pyridine rings is 1. The number of benzene rings is 1. The lowest BCUT2D eigenvalue weighted by Gasteiger charge is -2.22. The van der Waals surface area contributed by atoms with E-state index in [4.69, 9.17) is 21.2 Å². The lowest BCUT2D eigenvalue weighted by molar-refractivity contribution is 0.123. The summed E-state index contributed by atoms with van der Waals surface area (Å²) in [6.07, 6.45) is 7.17. The summed E-state index contributed by atoms with van der Waals surface area (Å²) in [5, 5.41) is 4.95. The smallest absolute Gasteiger partial charge is 0.231 e. The molecule has 1 aromatic carbocycles. The van der Waals surface area contributed by atoms with Gasteiger partial charge >= 0.3 is 0 Å². The minimum absolute atomic E-state index is 0.580. The van der Waals surface area contributed by atoms with Crippen LogP contribution in [0.3, 0.4) is 0 Å². The highest BCUT2D eigenvalue weighted by Crippen LogP contribution is 2.14. The number of rotatable bonds is 3. The molecule has 26 heavy (non-hydrogen) atoms. The van der Waals surface area contributed by atoms with Crippen molar-refractivity contribution < 1.29 is 9.57 Å². The van der Waals surface area contributed by atoms with E-state index in [1.54, 1.807) is 12.4 Å². The molecule has 1 aliphatic rings. The normalized spacial score (nSPS) is 18.9. The summed E-state index contributed by atoms with van der Waals surface area (Å²) in [5.41, 5.74) is 1.28. The molecular formula is C20H24ClN3O2. The van der Waals surface area contributed by atoms with Crippen LogP contribution in [0.5, 0.6) is 5.75 Å². The molecule has 0 aliphatic carbocycles. The minimum Gasteiger partial charge on any atom is -0.438 e. The first-order valence-corrected chi connectivity index (χ1v) is 9.41. The van der Waals surface area contributed by atoms with Crippen LogP contribution in [0.15, 0.2) is 53.9 Å². The summed E-state index contributed by atoms with van der Waals surface area (Å²) >= 11 is 5.97. The number of hydrogen-bond donors (Lipinski definition) is 0. The SMILES string of the molecule is Clc1ccc(CN2CCCC/C(Oc3cccnc3)=N\OCCC2)cc1. The van der Waals surface area contributed by atoms with Crippen LogP contribution < -0.4 is 4.74 Å². The monoisotopic (exact) mass is 373 g/mol. The van der Waals surface area contributed by atoms with E-state index in [1.807, 2.05) is 24.3 Å². The first-order chi connectivity index (χ1) is 12.8. The van der Waals surface area contributed by atoms with Crippen molar-refractivity contribution in [1.29, 1.82) is 0 Å². The quantitative estimate of drug-likeness (QED) is 0.793. The molecule has 2 heterocycles. The summed E-state index contributed by atoms with van der Waals surface area (Å²) < 4.78 is 5.80. The topological polar surface area (TPSA) is 47.0 Å². The molecule has 5 nitrogen and oxygen atoms in total. The van der Waals surface area contributed by atoms with Crippen molar-refractivity contribution in [1.82, 2.24) is 9.88 Å². The first-order valence-electron chi connectivity index (χ1n) is 9.03. The second-order valence-electron chi connectivity index (χ2n) is 6.32. The molecule has 1 aromatic heterocycles. The van der Waals surface area contributed by atoms with E-state index in [1.165, 1.54) is 5.56 Å². The van der Waals surface area contributed by atoms with Crippen molar-refractivity contribution in [2.24, 2.45) is 5.16 Å². The Hall–Kier alpha value is -2.11. The Balaban J connectivity index is 1.52. The molecule has 1 aliphatic heterocycles. The van der Waals surface area contributed by atoms with Crippen molar-refractivity contribution in [2.45, 2.75) is 32.2 Å². The molecule has 138 valence electrons. The van der Waals surface area contributed by atoms with Gasteiger partial charge in [0.25, 0.3) is 0 Å². The number of hydrogen-bond acceptors (Lipinski definition) is 5. The second-order valence-corrected chi connectivity index (χ2v) is 6.76. The lowest BCUT2D eigenvalue weighted by Crippen LogP contribution is -2.26. The number of oxime groups is 1. The van der Waals surface area contributed by atoms with Crippen LogP contribution in [0.25, 0.3) is 0 Å². The van der Waals surface area contributed by atoms with E-state index >= 15 is 0 Å². The third-order valence-corrected chi connectivity index (χ3v) is 4.43. The molecule has 0 bridgehead atoms. The van der Waals surface area contributed by atoms with Crippen LogP contribution in [0, 0.1) is 0 Å². The maximum Gasteiger partial charge on any atom is 0.231 e. The molecule has 0 amide bonds. The molecule has 3 rings (SSSR count). The van der Waals surface area contributed by atoms with Crippen molar-refractivity contribution in [3.8, 4) is 5.75 Å². The fourth-order valence-electron chi connectivity index (χ4n) is 2.86. The zero-order chi connectivity index (χ0) is 18.0. The van der Waals surface area contributed by atoms with Crippen LogP contribution in [0.2, 0.25) is 5.02 Å². The fraction of sp³-hybridized carbons (Fsp3) is 0.400. The number of nitrogens with zero attached hydrogens (tertiary/aromatic N) is 3. The van der Waals surface area contributed by atoms with Gasteiger partial charge < -0.3 is 9.57 Å². The molecule has 0 saturated carbocycles. The predicted octanol–water partition coefficient (Wildman–Crippen LogP) is 4.52. The van der Waals surface area contributed by atoms with Crippen molar-refractivity contribution in [3.05, 3.63) is 59.4 Å². The van der Waals surface area contributed by atoms with E-state index in [9.17, 15) is 0 Å². The number of halogens is 1. The Morgan fingerprint density at radius 3 is 2.73 bits per heavy atom. The van der Waals surface area contributed by atoms with Gasteiger partial charge in [0.2, 0.25) is 5.90 Å². The summed E-state index contributed by atoms with van der Waals surface area (Å²) in [6.45, 7) is 3.54. The second kappa shape index (κ2) is 10.1. The van der Waals surface area contributed by atoms with Crippen LogP contribution in [-0.2, 0) is 11.4 Å². The van der Waals surface area contributed by atoms with Crippen molar-refractivity contribution in [2.75, 3.05) is 19.7 Å². The Morgan fingerprint density at radius 2 is 1.92 bits per heavy atom. The average molecular weight is 374 g/mol. The van der Waals surface area contributed by atoms with Crippen LogP contribution in [0.1, 0.15) is 31.2 Å². The average Bonchev–Trinajstić information content (AvgIpc) is 2.71. The molecular weight excluding hydrogens is 350 g/mol. The Morgan fingerprint density at radius 1 is 1.08 bits per heavy atom. The van der Waals surface area contributed by atoms with Gasteiger partial charge in [-0.3, -0.25) is 9.88 Å². The zero-order valence-electron chi connectivity index (χ0n) is 14.8. The maximum absolute atomic E-state index is 5.97. The third kappa shape index (κ3) is 6.32. The van der Waals surface area contributed by atoms with E-state index in [2.05, 4.69) is 27.2 Å². The maximum atomic E-state index is 5.97. The van der Waals surface area contributed by atoms with Gasteiger partial charge in [0.05, 0.1) is 6.20 Å². The van der Waals surface area contributed by atoms with Gasteiger partial charge in [-0.05, 0) is 55.6 Å². The Labute approximate surface area is 159 Å². The molecule has 0 radical (unpaired) electrons. The van der Waals surface area contributed by atoms with Gasteiger partial charge in [-0.15, -0.1) is 0 Å². The standard InChI is InChI=1S/C20H24ClN3O2/c21-18-9-7-17(8-10-18)16-24-12-2-1-6-20(23-25-14-4-13-24)26-19-5-3-11-22-15-19/h3,5,7-11,15H,1-2,4,6,12-14,16H2/b23-20+. The van der Waals surface area contributed by atoms with Crippen LogP contribution in [-0.4, -0.2) is 35.5 Å². The van der Waals surface area contributed by atoms with Gasteiger partial charge in [-0.2, -0.15) is 0 Å². The number of aromatic nitrogens is 1. The third-order valence-electron chi connectivity index (χ3n) is 4.18. The van der Waals surface area contributed by atoms with E-state index < -0.39 is 0 Å². The minimum atomic E-state index is 0.580. The highest BCUT2D eigenvalue weighted by atomic mass is 35.5. The highest BCUT2D eigenvalue weighted by molar-refractivity contribution is 6.30. The molecule has 2 aromatic rings. The molecule has 0 atom stereocenters. The largest absolute Gasteiger partial charge is 0.438 e. The zero-order valence-corrected chi connectivity index (χ0v) is 15.6. The lowest BCUT2D eigenvalue weighted by atomic mass is 10.2. The number of ether oxygens (including phenoxy) is 1. The van der Waals surface area contributed by atoms with Gasteiger partial charge in [0.1, 0.15) is 12.4 Å². The molecule has 6 heteroatoms. The van der Waals surface area contributed by atoms with Gasteiger partial charge in [0.15, 0.2) is 0 Å². The van der Waals surface area contributed by atoms with Crippen molar-refractivity contribution >= 4 is 17.5 Å². The van der Waals surface area contributed by atoms with Crippen LogP contribution in [0.4, 0.5) is 0 Å². The summed E-state index contributed by atoms with van der Waals surface area (Å²) in [7, 11) is 0. The van der Waals surface area contributed by atoms with Crippen molar-refractivity contribution in [3.63, 3.8) is 0 Å². The molecule has 0 saturated heterocycles. The molecule has 0 unspecified atom stereocenters. The highest BCUT2D eigenvalue weighted by Gasteiger charge is 2.10. The summed E-state index contributed by atoms with van der Waals surface area (Å²) in [5.74, 6) is 1.30. The van der Waals surface area contributed by atoms with Gasteiger partial charge in [-0.1, -0.05) is 28.9 Å². The van der Waals surface area contributed by atoms with E-state index in [0.717, 1.165) is 50.3 Å². The van der Waals surface area contributed by atoms with E-state index in [-0.39, 0.29) is 0 Å². The van der Waals surface area contributed by atoms with Gasteiger partial charge in [-0.25, -0.2) is 0 Å². The van der Waals surface area contributed by atoms with Gasteiger partial charge in [0, 0.05) is 30.7 Å².